The fraction of sp³-hybridized carbons (Fsp3) is 0.532. The Balaban J connectivity index is 4.08. The highest BCUT2D eigenvalue weighted by molar-refractivity contribution is 7.47. The van der Waals surface area contributed by atoms with Crippen molar-refractivity contribution in [2.45, 2.75) is 238 Å². The standard InChI is InChI=1S/C77H120NO8P/c1-3-5-7-9-11-13-15-17-19-21-23-25-27-29-31-33-35-37-39-41-43-45-47-49-51-53-55-57-59-61-63-65-67-69-76(79)83-73-75(74-85-87(81,82)84-72-71-78)86-77(80)70-68-66-64-62-60-58-56-54-52-50-48-46-44-42-40-38-36-34-32-30-28-26-24-22-20-18-16-14-12-10-8-6-4-2/h5-8,11-14,17-20,23-26,29-32,35-38,41-44,47-50,54,56,75H,3-4,9-10,15-16,21-22,27-28,33-34,39-40,45-46,51-53,55,57-74,78H2,1-2H3,(H,81,82)/b7-5-,8-6-,13-11-,14-12-,19-17-,20-18-,25-23-,26-24-,31-29-,32-30-,37-35-,38-36-,43-41-,44-42-,49-47-,50-48-,56-54-. The summed E-state index contributed by atoms with van der Waals surface area (Å²) < 4.78 is 33.1. The lowest BCUT2D eigenvalue weighted by Gasteiger charge is -2.19. The van der Waals surface area contributed by atoms with E-state index in [9.17, 15) is 19.0 Å². The molecule has 0 heterocycles. The van der Waals surface area contributed by atoms with Crippen LogP contribution < -0.4 is 5.73 Å². The van der Waals surface area contributed by atoms with Crippen LogP contribution in [0.15, 0.2) is 207 Å². The van der Waals surface area contributed by atoms with E-state index in [2.05, 4.69) is 220 Å². The Hall–Kier alpha value is -5.41. The van der Waals surface area contributed by atoms with Crippen LogP contribution in [0.2, 0.25) is 0 Å². The van der Waals surface area contributed by atoms with Gasteiger partial charge in [0, 0.05) is 19.4 Å². The molecule has 0 aromatic heterocycles. The number of hydrogen-bond acceptors (Lipinski definition) is 8. The first-order valence-electron chi connectivity index (χ1n) is 33.6. The van der Waals surface area contributed by atoms with E-state index in [0.717, 1.165) is 167 Å². The summed E-state index contributed by atoms with van der Waals surface area (Å²) >= 11 is 0. The van der Waals surface area contributed by atoms with Crippen molar-refractivity contribution in [2.24, 2.45) is 5.73 Å². The van der Waals surface area contributed by atoms with E-state index in [0.29, 0.717) is 12.8 Å². The minimum absolute atomic E-state index is 0.0368. The third-order valence-corrected chi connectivity index (χ3v) is 14.1. The highest BCUT2D eigenvalue weighted by Crippen LogP contribution is 2.43. The van der Waals surface area contributed by atoms with E-state index < -0.39 is 32.5 Å². The quantitative estimate of drug-likeness (QED) is 0.0264. The maximum atomic E-state index is 12.8. The van der Waals surface area contributed by atoms with Crippen molar-refractivity contribution >= 4 is 19.8 Å². The number of carbonyl (C=O) groups excluding carboxylic acids is 2. The van der Waals surface area contributed by atoms with E-state index in [4.69, 9.17) is 24.3 Å². The van der Waals surface area contributed by atoms with Crippen LogP contribution in [0, 0.1) is 0 Å². The van der Waals surface area contributed by atoms with Gasteiger partial charge in [0.25, 0.3) is 0 Å². The molecule has 9 nitrogen and oxygen atoms in total. The molecule has 486 valence electrons. The summed E-state index contributed by atoms with van der Waals surface area (Å²) in [5.74, 6) is -0.876. The number of carbonyl (C=O) groups is 2. The Morgan fingerprint density at radius 3 is 0.885 bits per heavy atom. The van der Waals surface area contributed by atoms with Gasteiger partial charge >= 0.3 is 19.8 Å². The van der Waals surface area contributed by atoms with Gasteiger partial charge in [-0.3, -0.25) is 18.6 Å². The van der Waals surface area contributed by atoms with Crippen molar-refractivity contribution in [2.75, 3.05) is 26.4 Å². The first-order chi connectivity index (χ1) is 42.8. The molecule has 0 fully saturated rings. The molecule has 0 aliphatic carbocycles. The summed E-state index contributed by atoms with van der Waals surface area (Å²) in [7, 11) is -4.42. The van der Waals surface area contributed by atoms with Crippen LogP contribution >= 0.6 is 7.82 Å². The second-order valence-corrected chi connectivity index (χ2v) is 22.7. The van der Waals surface area contributed by atoms with Crippen LogP contribution in [0.3, 0.4) is 0 Å². The van der Waals surface area contributed by atoms with Gasteiger partial charge in [-0.25, -0.2) is 4.57 Å². The lowest BCUT2D eigenvalue weighted by atomic mass is 10.1. The fourth-order valence-electron chi connectivity index (χ4n) is 8.29. The molecule has 0 radical (unpaired) electrons. The number of rotatable bonds is 60. The van der Waals surface area contributed by atoms with Crippen molar-refractivity contribution < 1.29 is 37.6 Å². The molecule has 0 saturated carbocycles. The van der Waals surface area contributed by atoms with Crippen LogP contribution in [-0.2, 0) is 32.7 Å². The molecule has 0 aliphatic rings. The smallest absolute Gasteiger partial charge is 0.462 e. The van der Waals surface area contributed by atoms with Gasteiger partial charge in [-0.2, -0.15) is 0 Å². The van der Waals surface area contributed by atoms with Gasteiger partial charge in [0.05, 0.1) is 13.2 Å². The summed E-state index contributed by atoms with van der Waals surface area (Å²) in [6, 6.07) is 0. The maximum Gasteiger partial charge on any atom is 0.472 e. The average Bonchev–Trinajstić information content (AvgIpc) is 3.64. The van der Waals surface area contributed by atoms with E-state index in [-0.39, 0.29) is 32.6 Å². The highest BCUT2D eigenvalue weighted by Gasteiger charge is 2.26. The molecule has 10 heteroatoms. The van der Waals surface area contributed by atoms with Gasteiger partial charge in [0.1, 0.15) is 6.61 Å². The average molecular weight is 1220 g/mol. The van der Waals surface area contributed by atoms with Crippen molar-refractivity contribution in [3.8, 4) is 0 Å². The number of unbranched alkanes of at least 4 members (excludes halogenated alkanes) is 13. The molecular weight excluding hydrogens is 1100 g/mol. The zero-order valence-electron chi connectivity index (χ0n) is 54.4. The van der Waals surface area contributed by atoms with E-state index in [1.807, 2.05) is 0 Å². The van der Waals surface area contributed by atoms with Crippen LogP contribution in [0.5, 0.6) is 0 Å². The van der Waals surface area contributed by atoms with E-state index in [1.165, 1.54) is 25.7 Å². The summed E-state index contributed by atoms with van der Waals surface area (Å²) in [6.07, 6.45) is 107. The van der Waals surface area contributed by atoms with Crippen molar-refractivity contribution in [1.82, 2.24) is 0 Å². The molecule has 0 spiro atoms. The van der Waals surface area contributed by atoms with Gasteiger partial charge in [-0.1, -0.05) is 278 Å². The van der Waals surface area contributed by atoms with Gasteiger partial charge in [-0.15, -0.1) is 0 Å². The van der Waals surface area contributed by atoms with E-state index >= 15 is 0 Å². The molecule has 3 N–H and O–H groups in total. The number of nitrogens with two attached hydrogens (primary N) is 1. The zero-order valence-corrected chi connectivity index (χ0v) is 55.3. The molecule has 0 aromatic carbocycles. The molecule has 2 atom stereocenters. The summed E-state index contributed by atoms with van der Waals surface area (Å²) in [4.78, 5) is 35.3. The molecule has 0 aromatic rings. The number of allylic oxidation sites excluding steroid dienone is 34. The first-order valence-corrected chi connectivity index (χ1v) is 35.1. The van der Waals surface area contributed by atoms with Crippen LogP contribution in [-0.4, -0.2) is 49.3 Å². The number of ether oxygens (including phenoxy) is 2. The van der Waals surface area contributed by atoms with Gasteiger partial charge < -0.3 is 20.1 Å². The summed E-state index contributed by atoms with van der Waals surface area (Å²) in [5.41, 5.74) is 5.39. The molecule has 0 bridgehead atoms. The fourth-order valence-corrected chi connectivity index (χ4v) is 9.06. The SMILES string of the molecule is CC/C=C\C/C=C\C/C=C\C/C=C\C/C=C\C/C=C\C/C=C\C/C=C\C/C=C\CCCCCCCC(=O)OC(COC(=O)CCCCCCCCCC/C=C\C/C=C\C/C=C\C/C=C\C/C=C\C/C=C\C/C=C\C/C=C\CC)COP(=O)(O)OCCN. The predicted molar refractivity (Wildman–Crippen MR) is 375 cm³/mol. The van der Waals surface area contributed by atoms with Gasteiger partial charge in [0.2, 0.25) is 0 Å². The minimum atomic E-state index is -4.42. The largest absolute Gasteiger partial charge is 0.472 e. The highest BCUT2D eigenvalue weighted by atomic mass is 31.2. The Morgan fingerprint density at radius 1 is 0.345 bits per heavy atom. The molecule has 2 unspecified atom stereocenters. The Labute approximate surface area is 531 Å². The number of esters is 2. The number of hydrogen-bond donors (Lipinski definition) is 2. The van der Waals surface area contributed by atoms with Gasteiger partial charge in [0.15, 0.2) is 6.10 Å². The van der Waals surface area contributed by atoms with Crippen LogP contribution in [0.4, 0.5) is 0 Å². The molecule has 0 aliphatic heterocycles. The molecular formula is C77H120NO8P. The maximum absolute atomic E-state index is 12.8. The summed E-state index contributed by atoms with van der Waals surface area (Å²) in [5, 5.41) is 0. The third kappa shape index (κ3) is 69.6. The second kappa shape index (κ2) is 69.7. The van der Waals surface area contributed by atoms with Crippen LogP contribution in [0.1, 0.15) is 232 Å². The second-order valence-electron chi connectivity index (χ2n) is 21.2. The molecule has 0 amide bonds. The Morgan fingerprint density at radius 2 is 0.598 bits per heavy atom. The summed E-state index contributed by atoms with van der Waals surface area (Å²) in [6.45, 7) is 3.45. The number of phosphoric acid groups is 1. The molecule has 0 saturated heterocycles. The zero-order chi connectivity index (χ0) is 63.0. The van der Waals surface area contributed by atoms with Crippen LogP contribution in [0.25, 0.3) is 0 Å². The number of phosphoric ester groups is 1. The van der Waals surface area contributed by atoms with E-state index in [1.54, 1.807) is 0 Å². The van der Waals surface area contributed by atoms with Gasteiger partial charge in [-0.05, 0) is 148 Å². The normalized spacial score (nSPS) is 14.3. The minimum Gasteiger partial charge on any atom is -0.462 e. The monoisotopic (exact) mass is 1220 g/mol. The predicted octanol–water partition coefficient (Wildman–Crippen LogP) is 22.3. The van der Waals surface area contributed by atoms with Crippen molar-refractivity contribution in [1.29, 1.82) is 0 Å². The van der Waals surface area contributed by atoms with Crippen molar-refractivity contribution in [3.05, 3.63) is 207 Å². The molecule has 87 heavy (non-hydrogen) atoms. The Kier molecular flexibility index (Phi) is 65.4. The topological polar surface area (TPSA) is 134 Å². The first kappa shape index (κ1) is 81.6. The molecule has 0 rings (SSSR count). The third-order valence-electron chi connectivity index (χ3n) is 13.2. The van der Waals surface area contributed by atoms with Crippen molar-refractivity contribution in [3.63, 3.8) is 0 Å². The lowest BCUT2D eigenvalue weighted by molar-refractivity contribution is -0.161. The lowest BCUT2D eigenvalue weighted by Crippen LogP contribution is -2.29. The Bertz CT molecular complexity index is 2180.